The van der Waals surface area contributed by atoms with Crippen molar-refractivity contribution in [1.29, 1.82) is 0 Å². The van der Waals surface area contributed by atoms with Gasteiger partial charge in [-0.05, 0) is 30.2 Å². The van der Waals surface area contributed by atoms with Gasteiger partial charge in [-0.2, -0.15) is 0 Å². The monoisotopic (exact) mass is 254 g/mol. The van der Waals surface area contributed by atoms with Crippen LogP contribution in [0.25, 0.3) is 0 Å². The summed E-state index contributed by atoms with van der Waals surface area (Å²) in [6, 6.07) is 10.2. The van der Waals surface area contributed by atoms with Crippen LogP contribution in [0.5, 0.6) is 0 Å². The molecule has 2 N–H and O–H groups in total. The molecule has 1 aromatic rings. The van der Waals surface area contributed by atoms with Gasteiger partial charge in [0, 0.05) is 10.3 Å². The van der Waals surface area contributed by atoms with Gasteiger partial charge in [0.2, 0.25) is 0 Å². The average molecular weight is 254 g/mol. The van der Waals surface area contributed by atoms with Gasteiger partial charge in [0.05, 0.1) is 13.2 Å². The van der Waals surface area contributed by atoms with Crippen molar-refractivity contribution < 1.29 is 10.2 Å². The first-order valence-electron chi connectivity index (χ1n) is 6.04. The van der Waals surface area contributed by atoms with Crippen LogP contribution in [-0.2, 0) is 0 Å². The molecule has 2 nitrogen and oxygen atoms in total. The molecule has 1 rings (SSSR count). The van der Waals surface area contributed by atoms with Gasteiger partial charge in [-0.15, -0.1) is 11.8 Å². The molecule has 1 aromatic carbocycles. The molecule has 0 radical (unpaired) electrons. The fourth-order valence-corrected chi connectivity index (χ4v) is 2.84. The number of benzene rings is 1. The zero-order chi connectivity index (χ0) is 12.7. The van der Waals surface area contributed by atoms with E-state index >= 15 is 0 Å². The predicted molar refractivity (Wildman–Crippen MR) is 73.2 cm³/mol. The number of aliphatic hydroxyl groups is 2. The van der Waals surface area contributed by atoms with Crippen molar-refractivity contribution in [2.45, 2.75) is 25.2 Å². The van der Waals surface area contributed by atoms with Gasteiger partial charge in [-0.25, -0.2) is 0 Å². The highest BCUT2D eigenvalue weighted by Gasteiger charge is 2.31. The Morgan fingerprint density at radius 2 is 1.71 bits per heavy atom. The summed E-state index contributed by atoms with van der Waals surface area (Å²) < 4.78 is 0. The number of thioether (sulfide) groups is 1. The molecule has 0 aliphatic rings. The first-order valence-corrected chi connectivity index (χ1v) is 7.03. The molecule has 96 valence electrons. The lowest BCUT2D eigenvalue weighted by molar-refractivity contribution is 0.0139. The van der Waals surface area contributed by atoms with E-state index in [0.717, 1.165) is 12.2 Å². The standard InChI is InChI=1S/C14H22O2S/c1-12(2)14(10-15,11-16)8-9-17-13-6-4-3-5-7-13/h3-7,12,15-16H,8-11H2,1-2H3. The van der Waals surface area contributed by atoms with Gasteiger partial charge in [0.15, 0.2) is 0 Å². The van der Waals surface area contributed by atoms with Crippen LogP contribution >= 0.6 is 11.8 Å². The number of hydrogen-bond donors (Lipinski definition) is 2. The zero-order valence-electron chi connectivity index (χ0n) is 10.6. The van der Waals surface area contributed by atoms with Crippen molar-refractivity contribution in [3.63, 3.8) is 0 Å². The Hall–Kier alpha value is -0.510. The molecule has 0 atom stereocenters. The van der Waals surface area contributed by atoms with Gasteiger partial charge in [0.1, 0.15) is 0 Å². The van der Waals surface area contributed by atoms with Crippen molar-refractivity contribution in [3.8, 4) is 0 Å². The summed E-state index contributed by atoms with van der Waals surface area (Å²) >= 11 is 1.77. The Labute approximate surface area is 108 Å². The Bertz CT molecular complexity index is 307. The average Bonchev–Trinajstić information content (AvgIpc) is 2.36. The fraction of sp³-hybridized carbons (Fsp3) is 0.571. The SMILES string of the molecule is CC(C)C(CO)(CO)CCSc1ccccc1. The second-order valence-electron chi connectivity index (χ2n) is 4.74. The van der Waals surface area contributed by atoms with Crippen molar-refractivity contribution in [1.82, 2.24) is 0 Å². The minimum Gasteiger partial charge on any atom is -0.396 e. The first kappa shape index (κ1) is 14.6. The molecule has 17 heavy (non-hydrogen) atoms. The summed E-state index contributed by atoms with van der Waals surface area (Å²) in [5.74, 6) is 1.21. The molecule has 0 aliphatic carbocycles. The highest BCUT2D eigenvalue weighted by Crippen LogP contribution is 2.33. The largest absolute Gasteiger partial charge is 0.396 e. The highest BCUT2D eigenvalue weighted by molar-refractivity contribution is 7.99. The topological polar surface area (TPSA) is 40.5 Å². The number of aliphatic hydroxyl groups excluding tert-OH is 2. The molecule has 3 heteroatoms. The summed E-state index contributed by atoms with van der Waals surface area (Å²) in [5, 5.41) is 18.9. The number of hydrogen-bond acceptors (Lipinski definition) is 3. The maximum atomic E-state index is 9.47. The molecule has 0 amide bonds. The molecule has 0 bridgehead atoms. The Kier molecular flexibility index (Phi) is 6.03. The summed E-state index contributed by atoms with van der Waals surface area (Å²) in [6.45, 7) is 4.21. The van der Waals surface area contributed by atoms with E-state index in [2.05, 4.69) is 26.0 Å². The van der Waals surface area contributed by atoms with Crippen LogP contribution in [0.4, 0.5) is 0 Å². The fourth-order valence-electron chi connectivity index (χ4n) is 1.75. The molecule has 0 saturated carbocycles. The lowest BCUT2D eigenvalue weighted by atomic mass is 9.76. The lowest BCUT2D eigenvalue weighted by Gasteiger charge is -2.33. The predicted octanol–water partition coefficient (Wildman–Crippen LogP) is 2.80. The van der Waals surface area contributed by atoms with Crippen molar-refractivity contribution >= 4 is 11.8 Å². The molecule has 0 heterocycles. The Morgan fingerprint density at radius 1 is 1.12 bits per heavy atom. The number of rotatable bonds is 7. The van der Waals surface area contributed by atoms with E-state index in [-0.39, 0.29) is 24.5 Å². The molecule has 0 saturated heterocycles. The van der Waals surface area contributed by atoms with E-state index in [0.29, 0.717) is 0 Å². The van der Waals surface area contributed by atoms with Gasteiger partial charge in [-0.3, -0.25) is 0 Å². The van der Waals surface area contributed by atoms with E-state index in [1.165, 1.54) is 4.90 Å². The third-order valence-corrected chi connectivity index (χ3v) is 4.48. The minimum absolute atomic E-state index is 0.0521. The first-order chi connectivity index (χ1) is 8.14. The third kappa shape index (κ3) is 4.02. The van der Waals surface area contributed by atoms with Gasteiger partial charge >= 0.3 is 0 Å². The van der Waals surface area contributed by atoms with Crippen molar-refractivity contribution in [2.24, 2.45) is 11.3 Å². The maximum Gasteiger partial charge on any atom is 0.0512 e. The van der Waals surface area contributed by atoms with E-state index in [1.54, 1.807) is 11.8 Å². The molecule has 0 spiro atoms. The maximum absolute atomic E-state index is 9.47. The second-order valence-corrected chi connectivity index (χ2v) is 5.91. The minimum atomic E-state index is -0.345. The van der Waals surface area contributed by atoms with Gasteiger partial charge < -0.3 is 10.2 Å². The van der Waals surface area contributed by atoms with E-state index in [1.807, 2.05) is 18.2 Å². The van der Waals surface area contributed by atoms with Crippen molar-refractivity contribution in [2.75, 3.05) is 19.0 Å². The van der Waals surface area contributed by atoms with Crippen LogP contribution < -0.4 is 0 Å². The normalized spacial score (nSPS) is 12.1. The van der Waals surface area contributed by atoms with E-state index in [9.17, 15) is 10.2 Å². The van der Waals surface area contributed by atoms with Crippen LogP contribution in [0.2, 0.25) is 0 Å². The molecule has 0 unspecified atom stereocenters. The van der Waals surface area contributed by atoms with E-state index < -0.39 is 0 Å². The zero-order valence-corrected chi connectivity index (χ0v) is 11.4. The van der Waals surface area contributed by atoms with Crippen LogP contribution in [0.1, 0.15) is 20.3 Å². The van der Waals surface area contributed by atoms with Gasteiger partial charge in [-0.1, -0.05) is 32.0 Å². The molecule has 0 fully saturated rings. The molecular weight excluding hydrogens is 232 g/mol. The van der Waals surface area contributed by atoms with Crippen LogP contribution in [0, 0.1) is 11.3 Å². The van der Waals surface area contributed by atoms with Gasteiger partial charge in [0.25, 0.3) is 0 Å². The summed E-state index contributed by atoms with van der Waals surface area (Å²) in [6.07, 6.45) is 0.831. The smallest absolute Gasteiger partial charge is 0.0512 e. The Balaban J connectivity index is 2.48. The summed E-state index contributed by atoms with van der Waals surface area (Å²) in [4.78, 5) is 1.24. The molecule has 0 aliphatic heterocycles. The molecular formula is C14H22O2S. The Morgan fingerprint density at radius 3 is 2.18 bits per heavy atom. The van der Waals surface area contributed by atoms with Crippen LogP contribution in [-0.4, -0.2) is 29.2 Å². The van der Waals surface area contributed by atoms with E-state index in [4.69, 9.17) is 0 Å². The highest BCUT2D eigenvalue weighted by atomic mass is 32.2. The summed E-state index contributed by atoms with van der Waals surface area (Å²) in [5.41, 5.74) is -0.345. The third-order valence-electron chi connectivity index (χ3n) is 3.47. The molecule has 0 aromatic heterocycles. The van der Waals surface area contributed by atoms with Crippen LogP contribution in [0.3, 0.4) is 0 Å². The van der Waals surface area contributed by atoms with Crippen LogP contribution in [0.15, 0.2) is 35.2 Å². The quantitative estimate of drug-likeness (QED) is 0.735. The summed E-state index contributed by atoms with van der Waals surface area (Å²) in [7, 11) is 0. The second kappa shape index (κ2) is 7.04. The van der Waals surface area contributed by atoms with Crippen molar-refractivity contribution in [3.05, 3.63) is 30.3 Å². The lowest BCUT2D eigenvalue weighted by Crippen LogP contribution is -2.36.